The van der Waals surface area contributed by atoms with Crippen LogP contribution in [-0.2, 0) is 5.41 Å². The summed E-state index contributed by atoms with van der Waals surface area (Å²) >= 11 is 6.09. The molecule has 0 bridgehead atoms. The maximum atomic E-state index is 6.09. The molecule has 72 valence electrons. The zero-order valence-corrected chi connectivity index (χ0v) is 10.2. The molecule has 1 aromatic rings. The molecule has 0 heterocycles. The van der Waals surface area contributed by atoms with Crippen molar-refractivity contribution < 1.29 is 0 Å². The number of rotatable bonds is 1. The molecule has 0 saturated heterocycles. The van der Waals surface area contributed by atoms with E-state index in [9.17, 15) is 0 Å². The lowest BCUT2D eigenvalue weighted by molar-refractivity contribution is 0.589. The Hall–Kier alpha value is 0.150. The Kier molecular flexibility index (Phi) is 3.56. The van der Waals surface area contributed by atoms with E-state index < -0.39 is 0 Å². The van der Waals surface area contributed by atoms with Gasteiger partial charge in [0, 0.05) is 9.92 Å². The Bertz CT molecular complexity index is 302. The molecule has 0 saturated carbocycles. The van der Waals surface area contributed by atoms with Gasteiger partial charge in [0.15, 0.2) is 0 Å². The minimum atomic E-state index is 0.0692. The third kappa shape index (κ3) is 2.80. The third-order valence-electron chi connectivity index (χ3n) is 1.83. The topological polar surface area (TPSA) is 0 Å². The Morgan fingerprint density at radius 2 is 1.85 bits per heavy atom. The van der Waals surface area contributed by atoms with Crippen molar-refractivity contribution in [3.05, 3.63) is 28.8 Å². The van der Waals surface area contributed by atoms with E-state index in [4.69, 9.17) is 22.3 Å². The normalized spacial score (nSPS) is 11.8. The molecule has 0 aliphatic heterocycles. The monoisotopic (exact) mass is 234 g/mol. The first-order valence-electron chi connectivity index (χ1n) is 4.04. The molecular formula is C10H12Cl2S. The summed E-state index contributed by atoms with van der Waals surface area (Å²) < 4.78 is 0. The lowest BCUT2D eigenvalue weighted by atomic mass is 9.87. The second-order valence-electron chi connectivity index (χ2n) is 3.97. The molecule has 3 heteroatoms. The highest BCUT2D eigenvalue weighted by molar-refractivity contribution is 8.21. The Labute approximate surface area is 93.1 Å². The van der Waals surface area contributed by atoms with Crippen molar-refractivity contribution in [1.29, 1.82) is 0 Å². The molecule has 0 aliphatic rings. The van der Waals surface area contributed by atoms with E-state index in [0.717, 1.165) is 15.5 Å². The largest absolute Gasteiger partial charge is 0.0840 e. The fourth-order valence-corrected chi connectivity index (χ4v) is 2.10. The van der Waals surface area contributed by atoms with Gasteiger partial charge in [0.2, 0.25) is 0 Å². The van der Waals surface area contributed by atoms with E-state index in [2.05, 4.69) is 20.8 Å². The first kappa shape index (κ1) is 11.2. The molecule has 0 atom stereocenters. The summed E-state index contributed by atoms with van der Waals surface area (Å²) in [6, 6.07) is 5.86. The maximum absolute atomic E-state index is 6.09. The molecule has 0 aromatic heterocycles. The van der Waals surface area contributed by atoms with E-state index in [1.54, 1.807) is 0 Å². The Balaban J connectivity index is 3.19. The minimum absolute atomic E-state index is 0.0692. The molecule has 0 nitrogen and oxygen atoms in total. The van der Waals surface area contributed by atoms with Crippen LogP contribution in [0.4, 0.5) is 0 Å². The molecule has 13 heavy (non-hydrogen) atoms. The molecule has 0 aliphatic carbocycles. The predicted octanol–water partition coefficient (Wildman–Crippen LogP) is 4.88. The molecule has 1 aromatic carbocycles. The predicted molar refractivity (Wildman–Crippen MR) is 61.9 cm³/mol. The van der Waals surface area contributed by atoms with E-state index in [-0.39, 0.29) is 5.41 Å². The SMILES string of the molecule is CC(C)(C)c1cc(SCl)ccc1Cl. The highest BCUT2D eigenvalue weighted by Crippen LogP contribution is 2.33. The summed E-state index contributed by atoms with van der Waals surface area (Å²) in [4.78, 5) is 1.04. The van der Waals surface area contributed by atoms with E-state index in [0.29, 0.717) is 0 Å². The van der Waals surface area contributed by atoms with Crippen LogP contribution in [0.1, 0.15) is 26.3 Å². The highest BCUT2D eigenvalue weighted by atomic mass is 35.7. The third-order valence-corrected chi connectivity index (χ3v) is 3.13. The van der Waals surface area contributed by atoms with Crippen LogP contribution < -0.4 is 0 Å². The molecule has 0 amide bonds. The Morgan fingerprint density at radius 3 is 2.31 bits per heavy atom. The second-order valence-corrected chi connectivity index (χ2v) is 5.46. The fourth-order valence-electron chi connectivity index (χ4n) is 1.13. The lowest BCUT2D eigenvalue weighted by Gasteiger charge is -2.20. The molecule has 0 fully saturated rings. The van der Waals surface area contributed by atoms with Gasteiger partial charge in [-0.1, -0.05) is 32.4 Å². The highest BCUT2D eigenvalue weighted by Gasteiger charge is 2.17. The van der Waals surface area contributed by atoms with E-state index in [1.165, 1.54) is 11.0 Å². The number of halogens is 2. The van der Waals surface area contributed by atoms with E-state index in [1.807, 2.05) is 18.2 Å². The van der Waals surface area contributed by atoms with Crippen LogP contribution in [-0.4, -0.2) is 0 Å². The standard InChI is InChI=1S/C10H12Cl2S/c1-10(2,3)8-6-7(13-12)4-5-9(8)11/h4-6H,1-3H3. The van der Waals surface area contributed by atoms with Crippen molar-refractivity contribution in [3.8, 4) is 0 Å². The fraction of sp³-hybridized carbons (Fsp3) is 0.400. The number of hydrogen-bond acceptors (Lipinski definition) is 1. The number of benzene rings is 1. The van der Waals surface area contributed by atoms with Crippen LogP contribution in [0.25, 0.3) is 0 Å². The van der Waals surface area contributed by atoms with Gasteiger partial charge in [0.25, 0.3) is 0 Å². The van der Waals surface area contributed by atoms with Crippen LogP contribution >= 0.6 is 33.3 Å². The van der Waals surface area contributed by atoms with Gasteiger partial charge in [-0.25, -0.2) is 0 Å². The van der Waals surface area contributed by atoms with Gasteiger partial charge < -0.3 is 0 Å². The second kappa shape index (κ2) is 4.12. The van der Waals surface area contributed by atoms with Crippen LogP contribution in [0.3, 0.4) is 0 Å². The maximum Gasteiger partial charge on any atom is 0.0444 e. The van der Waals surface area contributed by atoms with E-state index >= 15 is 0 Å². The molecular weight excluding hydrogens is 223 g/mol. The quantitative estimate of drug-likeness (QED) is 0.668. The van der Waals surface area contributed by atoms with Crippen LogP contribution in [0.5, 0.6) is 0 Å². The Morgan fingerprint density at radius 1 is 1.23 bits per heavy atom. The summed E-state index contributed by atoms with van der Waals surface area (Å²) in [7, 11) is 6.90. The van der Waals surface area contributed by atoms with Gasteiger partial charge in [-0.2, -0.15) is 0 Å². The summed E-state index contributed by atoms with van der Waals surface area (Å²) in [5.74, 6) is 0. The van der Waals surface area contributed by atoms with Crippen molar-refractivity contribution in [1.82, 2.24) is 0 Å². The molecule has 0 spiro atoms. The summed E-state index contributed by atoms with van der Waals surface area (Å²) in [6.07, 6.45) is 0. The van der Waals surface area contributed by atoms with Gasteiger partial charge in [-0.15, -0.1) is 0 Å². The molecule has 0 N–H and O–H groups in total. The zero-order valence-electron chi connectivity index (χ0n) is 7.90. The first-order chi connectivity index (χ1) is 5.95. The molecule has 1 rings (SSSR count). The van der Waals surface area contributed by atoms with Gasteiger partial charge in [-0.3, -0.25) is 0 Å². The zero-order chi connectivity index (χ0) is 10.1. The van der Waals surface area contributed by atoms with Gasteiger partial charge in [0.05, 0.1) is 0 Å². The molecule has 0 unspecified atom stereocenters. The average molecular weight is 235 g/mol. The number of hydrogen-bond donors (Lipinski definition) is 0. The summed E-state index contributed by atoms with van der Waals surface area (Å²) in [5, 5.41) is 0.807. The molecule has 0 radical (unpaired) electrons. The van der Waals surface area contributed by atoms with Crippen LogP contribution in [0.15, 0.2) is 23.1 Å². The minimum Gasteiger partial charge on any atom is -0.0840 e. The van der Waals surface area contributed by atoms with Crippen molar-refractivity contribution in [3.63, 3.8) is 0 Å². The van der Waals surface area contributed by atoms with Gasteiger partial charge in [0.1, 0.15) is 0 Å². The van der Waals surface area contributed by atoms with Crippen LogP contribution in [0, 0.1) is 0 Å². The van der Waals surface area contributed by atoms with Crippen molar-refractivity contribution in [2.24, 2.45) is 0 Å². The average Bonchev–Trinajstić information content (AvgIpc) is 2.03. The van der Waals surface area contributed by atoms with Gasteiger partial charge >= 0.3 is 0 Å². The summed E-state index contributed by atoms with van der Waals surface area (Å²) in [6.45, 7) is 6.41. The van der Waals surface area contributed by atoms with Gasteiger partial charge in [-0.05, 0) is 50.8 Å². The van der Waals surface area contributed by atoms with Crippen LogP contribution in [0.2, 0.25) is 5.02 Å². The first-order valence-corrected chi connectivity index (χ1v) is 6.06. The van der Waals surface area contributed by atoms with Crippen molar-refractivity contribution >= 4 is 33.3 Å². The lowest BCUT2D eigenvalue weighted by Crippen LogP contribution is -2.11. The smallest absolute Gasteiger partial charge is 0.0444 e. The van der Waals surface area contributed by atoms with Crippen molar-refractivity contribution in [2.75, 3.05) is 0 Å². The van der Waals surface area contributed by atoms with Crippen molar-refractivity contribution in [2.45, 2.75) is 31.1 Å². The summed E-state index contributed by atoms with van der Waals surface area (Å²) in [5.41, 5.74) is 1.21.